The Labute approximate surface area is 199 Å². The molecule has 2 rings (SSSR count). The van der Waals surface area contributed by atoms with Crippen LogP contribution in [0.5, 0.6) is 0 Å². The highest BCUT2D eigenvalue weighted by Crippen LogP contribution is 2.11. The molecule has 0 spiro atoms. The molecule has 3 amide bonds. The maximum absolute atomic E-state index is 13.0. The van der Waals surface area contributed by atoms with E-state index in [4.69, 9.17) is 0 Å². The van der Waals surface area contributed by atoms with Crippen LogP contribution in [-0.4, -0.2) is 65.3 Å². The Bertz CT molecular complexity index is 816. The third-order valence-electron chi connectivity index (χ3n) is 5.88. The maximum Gasteiger partial charge on any atom is 0.326 e. The lowest BCUT2D eigenvalue weighted by Crippen LogP contribution is -2.59. The van der Waals surface area contributed by atoms with Crippen LogP contribution in [0.1, 0.15) is 38.7 Å². The fourth-order valence-corrected chi connectivity index (χ4v) is 3.90. The Balaban J connectivity index is 2.06. The number of amides is 3. The molecule has 0 saturated carbocycles. The molecule has 10 heteroatoms. The first-order valence-corrected chi connectivity index (χ1v) is 11.9. The molecule has 1 saturated heterocycles. The number of carboxylic acid groups (broad SMARTS) is 1. The van der Waals surface area contributed by atoms with Gasteiger partial charge in [0.2, 0.25) is 17.7 Å². The smallest absolute Gasteiger partial charge is 0.326 e. The van der Waals surface area contributed by atoms with Gasteiger partial charge in [0.25, 0.3) is 0 Å². The van der Waals surface area contributed by atoms with Crippen LogP contribution in [0.25, 0.3) is 0 Å². The molecular weight excluding hydrogens is 444 g/mol. The zero-order valence-corrected chi connectivity index (χ0v) is 19.9. The summed E-state index contributed by atoms with van der Waals surface area (Å²) in [6.45, 7) is 4.42. The van der Waals surface area contributed by atoms with Gasteiger partial charge in [-0.25, -0.2) is 4.79 Å². The normalized spacial score (nSPS) is 19.1. The van der Waals surface area contributed by atoms with Crippen LogP contribution in [0.15, 0.2) is 30.3 Å². The predicted molar refractivity (Wildman–Crippen MR) is 128 cm³/mol. The average Bonchev–Trinajstić information content (AvgIpc) is 3.35. The number of thiol groups is 1. The molecule has 1 fully saturated rings. The van der Waals surface area contributed by atoms with Gasteiger partial charge in [-0.3, -0.25) is 14.4 Å². The van der Waals surface area contributed by atoms with Crippen molar-refractivity contribution < 1.29 is 24.3 Å². The highest BCUT2D eigenvalue weighted by molar-refractivity contribution is 7.80. The quantitative estimate of drug-likeness (QED) is 0.242. The van der Waals surface area contributed by atoms with Crippen LogP contribution in [-0.2, 0) is 25.6 Å². The number of carboxylic acids is 1. The molecule has 5 unspecified atom stereocenters. The van der Waals surface area contributed by atoms with E-state index in [1.807, 2.05) is 13.0 Å². The summed E-state index contributed by atoms with van der Waals surface area (Å²) < 4.78 is 0. The highest BCUT2D eigenvalue weighted by atomic mass is 32.1. The van der Waals surface area contributed by atoms with E-state index in [-0.39, 0.29) is 30.0 Å². The monoisotopic (exact) mass is 478 g/mol. The van der Waals surface area contributed by atoms with Gasteiger partial charge in [-0.1, -0.05) is 50.6 Å². The van der Waals surface area contributed by atoms with Gasteiger partial charge in [-0.15, -0.1) is 0 Å². The van der Waals surface area contributed by atoms with Crippen LogP contribution in [0.3, 0.4) is 0 Å². The standard InChI is InChI=1S/C23H34N4O5S/c1-3-14(2)19(22(30)25-17(23(31)32)12-15-8-5-4-6-9-15)27-21(29)18(13-33)26-20(28)16-10-7-11-24-16/h4-6,8-9,14,16-19,24,33H,3,7,10-13H2,1-2H3,(H,25,30)(H,26,28)(H,27,29)(H,31,32). The van der Waals surface area contributed by atoms with Gasteiger partial charge in [-0.05, 0) is 30.9 Å². The van der Waals surface area contributed by atoms with E-state index in [1.54, 1.807) is 31.2 Å². The third-order valence-corrected chi connectivity index (χ3v) is 6.25. The number of nitrogens with one attached hydrogen (secondary N) is 4. The SMILES string of the molecule is CCC(C)C(NC(=O)C(CS)NC(=O)C1CCCN1)C(=O)NC(Cc1ccccc1)C(=O)O. The summed E-state index contributed by atoms with van der Waals surface area (Å²) in [4.78, 5) is 50.1. The van der Waals surface area contributed by atoms with Gasteiger partial charge in [-0.2, -0.15) is 12.6 Å². The van der Waals surface area contributed by atoms with Crippen molar-refractivity contribution >= 4 is 36.3 Å². The van der Waals surface area contributed by atoms with E-state index >= 15 is 0 Å². The Hall–Kier alpha value is -2.59. The minimum absolute atomic E-state index is 0.0604. The summed E-state index contributed by atoms with van der Waals surface area (Å²) in [6.07, 6.45) is 2.29. The number of benzene rings is 1. The third kappa shape index (κ3) is 8.04. The molecule has 9 nitrogen and oxygen atoms in total. The number of carbonyl (C=O) groups excluding carboxylic acids is 3. The minimum atomic E-state index is -1.16. The molecule has 33 heavy (non-hydrogen) atoms. The van der Waals surface area contributed by atoms with Gasteiger partial charge in [0, 0.05) is 12.2 Å². The lowest BCUT2D eigenvalue weighted by Gasteiger charge is -2.27. The first-order chi connectivity index (χ1) is 15.8. The minimum Gasteiger partial charge on any atom is -0.480 e. The predicted octanol–water partition coefficient (Wildman–Crippen LogP) is 0.496. The molecule has 5 atom stereocenters. The molecule has 1 heterocycles. The zero-order valence-electron chi connectivity index (χ0n) is 19.0. The summed E-state index contributed by atoms with van der Waals surface area (Å²) in [5, 5.41) is 20.6. The van der Waals surface area contributed by atoms with Crippen molar-refractivity contribution in [3.05, 3.63) is 35.9 Å². The van der Waals surface area contributed by atoms with Gasteiger partial charge >= 0.3 is 5.97 Å². The summed E-state index contributed by atoms with van der Waals surface area (Å²) in [7, 11) is 0. The maximum atomic E-state index is 13.0. The van der Waals surface area contributed by atoms with Crippen molar-refractivity contribution in [1.82, 2.24) is 21.3 Å². The highest BCUT2D eigenvalue weighted by Gasteiger charge is 2.33. The lowest BCUT2D eigenvalue weighted by molar-refractivity contribution is -0.142. The topological polar surface area (TPSA) is 137 Å². The molecule has 182 valence electrons. The van der Waals surface area contributed by atoms with E-state index in [9.17, 15) is 24.3 Å². The van der Waals surface area contributed by atoms with Gasteiger partial charge in [0.05, 0.1) is 6.04 Å². The lowest BCUT2D eigenvalue weighted by atomic mass is 9.97. The second-order valence-electron chi connectivity index (χ2n) is 8.35. The molecule has 0 aliphatic carbocycles. The van der Waals surface area contributed by atoms with Gasteiger partial charge in [0.1, 0.15) is 18.1 Å². The fourth-order valence-electron chi connectivity index (χ4n) is 3.64. The molecule has 1 aromatic carbocycles. The zero-order chi connectivity index (χ0) is 24.4. The van der Waals surface area contributed by atoms with Crippen LogP contribution < -0.4 is 21.3 Å². The summed E-state index contributed by atoms with van der Waals surface area (Å²) in [5.41, 5.74) is 0.771. The first kappa shape index (κ1) is 26.7. The molecular formula is C23H34N4O5S. The largest absolute Gasteiger partial charge is 0.480 e. The van der Waals surface area contributed by atoms with E-state index in [0.717, 1.165) is 18.5 Å². The first-order valence-electron chi connectivity index (χ1n) is 11.3. The molecule has 1 aliphatic heterocycles. The average molecular weight is 479 g/mol. The Kier molecular flexibility index (Phi) is 10.7. The summed E-state index contributed by atoms with van der Waals surface area (Å²) in [5.74, 6) is -2.75. The van der Waals surface area contributed by atoms with E-state index in [1.165, 1.54) is 0 Å². The van der Waals surface area contributed by atoms with Gasteiger partial charge < -0.3 is 26.4 Å². The Morgan fingerprint density at radius 2 is 1.79 bits per heavy atom. The van der Waals surface area contributed by atoms with Crippen molar-refractivity contribution in [1.29, 1.82) is 0 Å². The number of aliphatic carboxylic acids is 1. The van der Waals surface area contributed by atoms with E-state index in [0.29, 0.717) is 12.8 Å². The van der Waals surface area contributed by atoms with Crippen LogP contribution in [0.4, 0.5) is 0 Å². The van der Waals surface area contributed by atoms with Gasteiger partial charge in [0.15, 0.2) is 0 Å². The molecule has 5 N–H and O–H groups in total. The number of hydrogen-bond acceptors (Lipinski definition) is 6. The van der Waals surface area contributed by atoms with Crippen molar-refractivity contribution in [2.45, 2.75) is 63.7 Å². The second-order valence-corrected chi connectivity index (χ2v) is 8.72. The number of rotatable bonds is 12. The second kappa shape index (κ2) is 13.2. The Morgan fingerprint density at radius 3 is 2.33 bits per heavy atom. The molecule has 0 radical (unpaired) electrons. The van der Waals surface area contributed by atoms with Crippen LogP contribution in [0.2, 0.25) is 0 Å². The fraction of sp³-hybridized carbons (Fsp3) is 0.565. The molecule has 0 aromatic heterocycles. The number of hydrogen-bond donors (Lipinski definition) is 6. The molecule has 1 aliphatic rings. The van der Waals surface area contributed by atoms with E-state index < -0.39 is 35.9 Å². The van der Waals surface area contributed by atoms with E-state index in [2.05, 4.69) is 33.9 Å². The summed E-state index contributed by atoms with van der Waals surface area (Å²) >= 11 is 4.18. The van der Waals surface area contributed by atoms with Crippen molar-refractivity contribution in [3.8, 4) is 0 Å². The summed E-state index contributed by atoms with van der Waals surface area (Å²) in [6, 6.07) is 5.64. The van der Waals surface area contributed by atoms with Crippen LogP contribution >= 0.6 is 12.6 Å². The van der Waals surface area contributed by atoms with Crippen molar-refractivity contribution in [2.24, 2.45) is 5.92 Å². The molecule has 1 aromatic rings. The number of carbonyl (C=O) groups is 4. The Morgan fingerprint density at radius 1 is 1.09 bits per heavy atom. The van der Waals surface area contributed by atoms with Crippen molar-refractivity contribution in [3.63, 3.8) is 0 Å². The van der Waals surface area contributed by atoms with Crippen LogP contribution in [0, 0.1) is 5.92 Å². The molecule has 0 bridgehead atoms. The van der Waals surface area contributed by atoms with Crippen molar-refractivity contribution in [2.75, 3.05) is 12.3 Å².